The van der Waals surface area contributed by atoms with Crippen LogP contribution < -0.4 is 0 Å². The standard InChI is InChI=1S/C4H4O5/c5-1-4(2(6)7)3(8)9-4/h5H,1H2,(H,6,7)/t4-/m0/s1. The van der Waals surface area contributed by atoms with Gasteiger partial charge < -0.3 is 14.9 Å². The summed E-state index contributed by atoms with van der Waals surface area (Å²) in [4.78, 5) is 20.1. The number of carbonyl (C=O) groups is 2. The molecular formula is C4H4O5. The van der Waals surface area contributed by atoms with Crippen LogP contribution in [0.2, 0.25) is 0 Å². The van der Waals surface area contributed by atoms with E-state index in [1.165, 1.54) is 0 Å². The zero-order chi connectivity index (χ0) is 7.07. The van der Waals surface area contributed by atoms with Crippen molar-refractivity contribution in [3.8, 4) is 0 Å². The Labute approximate surface area is 49.9 Å². The van der Waals surface area contributed by atoms with Gasteiger partial charge in [0.15, 0.2) is 0 Å². The number of hydrogen-bond donors (Lipinski definition) is 2. The van der Waals surface area contributed by atoms with E-state index >= 15 is 0 Å². The minimum Gasteiger partial charge on any atom is -0.478 e. The summed E-state index contributed by atoms with van der Waals surface area (Å²) in [6, 6.07) is 0. The Kier molecular flexibility index (Phi) is 0.967. The topological polar surface area (TPSA) is 87.1 Å². The van der Waals surface area contributed by atoms with Crippen LogP contribution in [0.1, 0.15) is 0 Å². The molecular weight excluding hydrogens is 128 g/mol. The molecule has 0 unspecified atom stereocenters. The van der Waals surface area contributed by atoms with Crippen LogP contribution in [-0.4, -0.2) is 34.4 Å². The largest absolute Gasteiger partial charge is 0.478 e. The maximum atomic E-state index is 10.1. The van der Waals surface area contributed by atoms with E-state index < -0.39 is 24.1 Å². The number of carbonyl (C=O) groups excluding carboxylic acids is 1. The summed E-state index contributed by atoms with van der Waals surface area (Å²) in [5.41, 5.74) is -1.92. The first kappa shape index (κ1) is 6.03. The van der Waals surface area contributed by atoms with Crippen molar-refractivity contribution in [3.63, 3.8) is 0 Å². The van der Waals surface area contributed by atoms with Crippen molar-refractivity contribution in [3.05, 3.63) is 0 Å². The van der Waals surface area contributed by atoms with Gasteiger partial charge in [0.05, 0.1) is 0 Å². The number of hydrogen-bond acceptors (Lipinski definition) is 4. The minimum atomic E-state index is -1.92. The Bertz CT molecular complexity index is 174. The number of ether oxygens (including phenoxy) is 1. The SMILES string of the molecule is O=C(O)[C@]1(CO)OC1=O. The molecule has 0 aromatic carbocycles. The predicted octanol–water partition coefficient (Wildman–Crippen LogP) is -1.64. The fraction of sp³-hybridized carbons (Fsp3) is 0.500. The Hall–Kier alpha value is -1.10. The molecule has 5 heteroatoms. The van der Waals surface area contributed by atoms with Gasteiger partial charge in [0.1, 0.15) is 6.61 Å². The van der Waals surface area contributed by atoms with Gasteiger partial charge >= 0.3 is 17.5 Å². The van der Waals surface area contributed by atoms with Crippen LogP contribution >= 0.6 is 0 Å². The lowest BCUT2D eigenvalue weighted by molar-refractivity contribution is -0.144. The first-order valence-electron chi connectivity index (χ1n) is 2.21. The number of carboxylic acids is 1. The fourth-order valence-corrected chi connectivity index (χ4v) is 0.428. The van der Waals surface area contributed by atoms with Gasteiger partial charge in [-0.3, -0.25) is 0 Å². The fourth-order valence-electron chi connectivity index (χ4n) is 0.428. The molecule has 50 valence electrons. The van der Waals surface area contributed by atoms with E-state index in [0.29, 0.717) is 0 Å². The highest BCUT2D eigenvalue weighted by Crippen LogP contribution is 2.28. The van der Waals surface area contributed by atoms with Gasteiger partial charge in [0, 0.05) is 0 Å². The van der Waals surface area contributed by atoms with Crippen molar-refractivity contribution in [2.75, 3.05) is 6.61 Å². The minimum absolute atomic E-state index is 0.791. The average molecular weight is 132 g/mol. The zero-order valence-electron chi connectivity index (χ0n) is 4.33. The van der Waals surface area contributed by atoms with E-state index in [1.54, 1.807) is 0 Å². The van der Waals surface area contributed by atoms with E-state index in [0.717, 1.165) is 0 Å². The highest BCUT2D eigenvalue weighted by molar-refractivity contribution is 6.13. The number of cyclic esters (lactones) is 1. The monoisotopic (exact) mass is 132 g/mol. The van der Waals surface area contributed by atoms with Crippen molar-refractivity contribution in [2.45, 2.75) is 5.60 Å². The summed E-state index contributed by atoms with van der Waals surface area (Å²) in [6.07, 6.45) is 0. The van der Waals surface area contributed by atoms with Crippen molar-refractivity contribution in [1.82, 2.24) is 0 Å². The van der Waals surface area contributed by atoms with Gasteiger partial charge in [0.25, 0.3) is 0 Å². The first-order chi connectivity index (χ1) is 4.13. The Morgan fingerprint density at radius 2 is 2.22 bits per heavy atom. The van der Waals surface area contributed by atoms with Crippen LogP contribution in [0.3, 0.4) is 0 Å². The molecule has 1 heterocycles. The summed E-state index contributed by atoms with van der Waals surface area (Å²) >= 11 is 0. The first-order valence-corrected chi connectivity index (χ1v) is 2.21. The number of epoxide rings is 1. The van der Waals surface area contributed by atoms with Crippen LogP contribution in [0.5, 0.6) is 0 Å². The maximum absolute atomic E-state index is 10.1. The van der Waals surface area contributed by atoms with Gasteiger partial charge in [-0.05, 0) is 0 Å². The van der Waals surface area contributed by atoms with Crippen LogP contribution in [0.25, 0.3) is 0 Å². The number of aliphatic hydroxyl groups excluding tert-OH is 1. The predicted molar refractivity (Wildman–Crippen MR) is 23.5 cm³/mol. The molecule has 0 aromatic heterocycles. The summed E-state index contributed by atoms with van der Waals surface area (Å²) in [6.45, 7) is -0.791. The molecule has 1 aliphatic rings. The zero-order valence-corrected chi connectivity index (χ0v) is 4.33. The molecule has 0 spiro atoms. The number of aliphatic carboxylic acids is 1. The van der Waals surface area contributed by atoms with E-state index in [9.17, 15) is 9.59 Å². The Morgan fingerprint density at radius 1 is 1.78 bits per heavy atom. The van der Waals surface area contributed by atoms with Gasteiger partial charge in [0.2, 0.25) is 0 Å². The third-order valence-corrected chi connectivity index (χ3v) is 1.12. The third kappa shape index (κ3) is 0.580. The third-order valence-electron chi connectivity index (χ3n) is 1.12. The molecule has 1 rings (SSSR count). The summed E-state index contributed by atoms with van der Waals surface area (Å²) in [5, 5.41) is 16.4. The van der Waals surface area contributed by atoms with Gasteiger partial charge in [-0.25, -0.2) is 9.59 Å². The number of rotatable bonds is 2. The second-order valence-corrected chi connectivity index (χ2v) is 1.68. The van der Waals surface area contributed by atoms with Gasteiger partial charge in [-0.2, -0.15) is 0 Å². The summed E-state index contributed by atoms with van der Waals surface area (Å²) in [7, 11) is 0. The normalized spacial score (nSPS) is 31.4. The number of carboxylic acid groups (broad SMARTS) is 1. The van der Waals surface area contributed by atoms with E-state index in [-0.39, 0.29) is 0 Å². The van der Waals surface area contributed by atoms with Crippen LogP contribution in [0.4, 0.5) is 0 Å². The van der Waals surface area contributed by atoms with Gasteiger partial charge in [-0.15, -0.1) is 0 Å². The van der Waals surface area contributed by atoms with E-state index in [4.69, 9.17) is 10.2 Å². The van der Waals surface area contributed by atoms with Crippen molar-refractivity contribution < 1.29 is 24.5 Å². The second-order valence-electron chi connectivity index (χ2n) is 1.68. The van der Waals surface area contributed by atoms with Crippen LogP contribution in [0.15, 0.2) is 0 Å². The summed E-state index contributed by atoms with van der Waals surface area (Å²) in [5.74, 6) is -2.31. The average Bonchev–Trinajstić information content (AvgIpc) is 2.43. The molecule has 9 heavy (non-hydrogen) atoms. The van der Waals surface area contributed by atoms with Crippen molar-refractivity contribution in [1.29, 1.82) is 0 Å². The van der Waals surface area contributed by atoms with Crippen molar-refractivity contribution >= 4 is 11.9 Å². The van der Waals surface area contributed by atoms with Crippen molar-refractivity contribution in [2.24, 2.45) is 0 Å². The molecule has 0 bridgehead atoms. The van der Waals surface area contributed by atoms with E-state index in [1.807, 2.05) is 0 Å². The molecule has 0 aromatic rings. The lowest BCUT2D eigenvalue weighted by atomic mass is 10.2. The Balaban J connectivity index is 2.74. The second kappa shape index (κ2) is 1.44. The molecule has 1 saturated heterocycles. The molecule has 0 aliphatic carbocycles. The molecule has 0 saturated carbocycles. The highest BCUT2D eigenvalue weighted by atomic mass is 16.7. The summed E-state index contributed by atoms with van der Waals surface area (Å²) < 4.78 is 4.03. The highest BCUT2D eigenvalue weighted by Gasteiger charge is 2.65. The molecule has 5 nitrogen and oxygen atoms in total. The van der Waals surface area contributed by atoms with Gasteiger partial charge in [-0.1, -0.05) is 0 Å². The lowest BCUT2D eigenvalue weighted by Gasteiger charge is -1.92. The lowest BCUT2D eigenvalue weighted by Crippen LogP contribution is -2.29. The molecule has 1 aliphatic heterocycles. The molecule has 1 fully saturated rings. The molecule has 0 radical (unpaired) electrons. The molecule has 1 atom stereocenters. The molecule has 2 N–H and O–H groups in total. The maximum Gasteiger partial charge on any atom is 0.366 e. The Morgan fingerprint density at radius 3 is 2.22 bits per heavy atom. The molecule has 0 amide bonds. The smallest absolute Gasteiger partial charge is 0.366 e. The van der Waals surface area contributed by atoms with Crippen LogP contribution in [0, 0.1) is 0 Å². The number of aliphatic hydroxyl groups is 1. The van der Waals surface area contributed by atoms with E-state index in [2.05, 4.69) is 4.74 Å². The van der Waals surface area contributed by atoms with Crippen LogP contribution in [-0.2, 0) is 14.3 Å². The quantitative estimate of drug-likeness (QED) is 0.347.